The molecule has 3 amide bonds. The van der Waals surface area contributed by atoms with Gasteiger partial charge in [-0.25, -0.2) is 0 Å². The third kappa shape index (κ3) is 8.68. The minimum atomic E-state index is -0.868. The van der Waals surface area contributed by atoms with Crippen molar-refractivity contribution < 1.29 is 19.1 Å². The van der Waals surface area contributed by atoms with Crippen LogP contribution < -0.4 is 26.8 Å². The molecule has 36 heavy (non-hydrogen) atoms. The van der Waals surface area contributed by atoms with Crippen molar-refractivity contribution in [1.29, 1.82) is 0 Å². The molecular formula is C28H40N4O4. The van der Waals surface area contributed by atoms with Crippen molar-refractivity contribution >= 4 is 17.7 Å². The van der Waals surface area contributed by atoms with Crippen LogP contribution in [0.25, 0.3) is 11.1 Å². The van der Waals surface area contributed by atoms with Crippen LogP contribution in [0.1, 0.15) is 46.1 Å². The van der Waals surface area contributed by atoms with Crippen molar-refractivity contribution in [3.8, 4) is 16.9 Å². The van der Waals surface area contributed by atoms with Gasteiger partial charge in [-0.2, -0.15) is 0 Å². The van der Waals surface area contributed by atoms with Gasteiger partial charge in [-0.1, -0.05) is 64.1 Å². The summed E-state index contributed by atoms with van der Waals surface area (Å²) in [6.07, 6.45) is 1.10. The van der Waals surface area contributed by atoms with E-state index in [1.165, 1.54) is 0 Å². The normalized spacial score (nSPS) is 13.7. The van der Waals surface area contributed by atoms with Gasteiger partial charge < -0.3 is 26.8 Å². The van der Waals surface area contributed by atoms with Crippen molar-refractivity contribution in [2.45, 2.75) is 65.1 Å². The van der Waals surface area contributed by atoms with Gasteiger partial charge in [0, 0.05) is 5.56 Å². The van der Waals surface area contributed by atoms with Crippen LogP contribution in [0.3, 0.4) is 0 Å². The molecule has 0 bridgehead atoms. The monoisotopic (exact) mass is 496 g/mol. The van der Waals surface area contributed by atoms with E-state index >= 15 is 0 Å². The Hall–Kier alpha value is -3.39. The quantitative estimate of drug-likeness (QED) is 0.338. The number of amides is 3. The summed E-state index contributed by atoms with van der Waals surface area (Å²) in [6.45, 7) is 7.79. The summed E-state index contributed by atoms with van der Waals surface area (Å²) in [5.41, 5.74) is 14.5. The van der Waals surface area contributed by atoms with Crippen molar-refractivity contribution in [2.75, 3.05) is 7.11 Å². The average Bonchev–Trinajstić information content (AvgIpc) is 2.82. The number of rotatable bonds is 13. The molecule has 0 fully saturated rings. The van der Waals surface area contributed by atoms with Gasteiger partial charge >= 0.3 is 0 Å². The number of nitrogens with one attached hydrogen (secondary N) is 2. The second kappa shape index (κ2) is 13.6. The van der Waals surface area contributed by atoms with Crippen molar-refractivity contribution in [3.63, 3.8) is 0 Å². The van der Waals surface area contributed by atoms with Gasteiger partial charge in [0.15, 0.2) is 0 Å². The number of primary amides is 1. The van der Waals surface area contributed by atoms with E-state index in [1.54, 1.807) is 7.11 Å². The number of hydrogen-bond acceptors (Lipinski definition) is 5. The third-order valence-corrected chi connectivity index (χ3v) is 5.85. The number of benzene rings is 2. The Morgan fingerprint density at radius 1 is 0.861 bits per heavy atom. The number of hydrogen-bond donors (Lipinski definition) is 4. The second-order valence-corrected chi connectivity index (χ2v) is 10.00. The first kappa shape index (κ1) is 28.8. The summed E-state index contributed by atoms with van der Waals surface area (Å²) in [5, 5.41) is 5.48. The molecular weight excluding hydrogens is 456 g/mol. The highest BCUT2D eigenvalue weighted by Crippen LogP contribution is 2.31. The zero-order valence-corrected chi connectivity index (χ0v) is 21.9. The maximum Gasteiger partial charge on any atom is 0.243 e. The van der Waals surface area contributed by atoms with Gasteiger partial charge in [-0.05, 0) is 54.4 Å². The highest BCUT2D eigenvalue weighted by molar-refractivity contribution is 5.92. The van der Waals surface area contributed by atoms with Crippen LogP contribution in [0.5, 0.6) is 5.75 Å². The van der Waals surface area contributed by atoms with E-state index in [0.717, 1.165) is 22.4 Å². The largest absolute Gasteiger partial charge is 0.496 e. The summed E-state index contributed by atoms with van der Waals surface area (Å²) in [6, 6.07) is 13.0. The first-order valence-corrected chi connectivity index (χ1v) is 12.4. The van der Waals surface area contributed by atoms with Crippen LogP contribution in [0, 0.1) is 11.8 Å². The standard InChI is InChI=1S/C28H40N4O4/c1-17(2)13-23(26(30)33)31-28(35)24(14-18(3)4)32-27(34)22(29)16-19-11-12-25(36-5)21(15-19)20-9-7-6-8-10-20/h6-12,15,17-18,22-24H,13-14,16,29H2,1-5H3,(H2,30,33)(H,31,35)(H,32,34)/t22-,23-,24-/m0/s1. The van der Waals surface area contributed by atoms with E-state index in [0.29, 0.717) is 12.8 Å². The van der Waals surface area contributed by atoms with Crippen molar-refractivity contribution in [3.05, 3.63) is 54.1 Å². The maximum atomic E-state index is 13.0. The van der Waals surface area contributed by atoms with Gasteiger partial charge in [0.2, 0.25) is 17.7 Å². The Kier molecular flexibility index (Phi) is 10.9. The van der Waals surface area contributed by atoms with E-state index in [-0.39, 0.29) is 18.3 Å². The van der Waals surface area contributed by atoms with Gasteiger partial charge in [-0.3, -0.25) is 14.4 Å². The molecule has 0 saturated carbocycles. The zero-order chi connectivity index (χ0) is 26.8. The first-order chi connectivity index (χ1) is 17.0. The molecule has 0 aliphatic heterocycles. The molecule has 0 heterocycles. The van der Waals surface area contributed by atoms with Gasteiger partial charge in [0.1, 0.15) is 17.8 Å². The molecule has 196 valence electrons. The fourth-order valence-corrected chi connectivity index (χ4v) is 4.04. The molecule has 6 N–H and O–H groups in total. The van der Waals surface area contributed by atoms with Crippen LogP contribution in [0.2, 0.25) is 0 Å². The van der Waals surface area contributed by atoms with E-state index in [4.69, 9.17) is 16.2 Å². The molecule has 0 radical (unpaired) electrons. The summed E-state index contributed by atoms with van der Waals surface area (Å²) in [4.78, 5) is 37.8. The Labute approximate surface area is 214 Å². The summed E-state index contributed by atoms with van der Waals surface area (Å²) in [7, 11) is 1.62. The average molecular weight is 497 g/mol. The lowest BCUT2D eigenvalue weighted by molar-refractivity contribution is -0.132. The fraction of sp³-hybridized carbons (Fsp3) is 0.464. The van der Waals surface area contributed by atoms with Crippen LogP contribution >= 0.6 is 0 Å². The molecule has 0 aromatic heterocycles. The molecule has 2 aromatic rings. The topological polar surface area (TPSA) is 137 Å². The third-order valence-electron chi connectivity index (χ3n) is 5.85. The molecule has 8 heteroatoms. The molecule has 2 rings (SSSR count). The van der Waals surface area contributed by atoms with Gasteiger partial charge in [0.05, 0.1) is 13.2 Å². The lowest BCUT2D eigenvalue weighted by atomic mass is 9.97. The predicted molar refractivity (Wildman–Crippen MR) is 142 cm³/mol. The van der Waals surface area contributed by atoms with Gasteiger partial charge in [-0.15, -0.1) is 0 Å². The molecule has 8 nitrogen and oxygen atoms in total. The first-order valence-electron chi connectivity index (χ1n) is 12.4. The van der Waals surface area contributed by atoms with E-state index < -0.39 is 35.8 Å². The Morgan fingerprint density at radius 2 is 1.44 bits per heavy atom. The van der Waals surface area contributed by atoms with Gasteiger partial charge in [0.25, 0.3) is 0 Å². The molecule has 0 aliphatic carbocycles. The Balaban J connectivity index is 2.14. The number of carbonyl (C=O) groups excluding carboxylic acids is 3. The van der Waals surface area contributed by atoms with E-state index in [9.17, 15) is 14.4 Å². The molecule has 0 spiro atoms. The van der Waals surface area contributed by atoms with Crippen LogP contribution in [-0.2, 0) is 20.8 Å². The maximum absolute atomic E-state index is 13.0. The highest BCUT2D eigenvalue weighted by atomic mass is 16.5. The summed E-state index contributed by atoms with van der Waals surface area (Å²) < 4.78 is 5.51. The molecule has 0 saturated heterocycles. The fourth-order valence-electron chi connectivity index (χ4n) is 4.04. The molecule has 2 aromatic carbocycles. The smallest absolute Gasteiger partial charge is 0.243 e. The second-order valence-electron chi connectivity index (χ2n) is 10.00. The predicted octanol–water partition coefficient (Wildman–Crippen LogP) is 2.78. The SMILES string of the molecule is COc1ccc(C[C@H](N)C(=O)N[C@@H](CC(C)C)C(=O)N[C@@H](CC(C)C)C(N)=O)cc1-c1ccccc1. The van der Waals surface area contributed by atoms with E-state index in [2.05, 4.69) is 10.6 Å². The molecule has 0 aliphatic rings. The summed E-state index contributed by atoms with van der Waals surface area (Å²) >= 11 is 0. The lowest BCUT2D eigenvalue weighted by Crippen LogP contribution is -2.56. The lowest BCUT2D eigenvalue weighted by Gasteiger charge is -2.25. The number of carbonyl (C=O) groups is 3. The van der Waals surface area contributed by atoms with Crippen LogP contribution in [-0.4, -0.2) is 43.0 Å². The minimum absolute atomic E-state index is 0.129. The van der Waals surface area contributed by atoms with Crippen LogP contribution in [0.4, 0.5) is 0 Å². The van der Waals surface area contributed by atoms with Crippen LogP contribution in [0.15, 0.2) is 48.5 Å². The Morgan fingerprint density at radius 3 is 2.00 bits per heavy atom. The van der Waals surface area contributed by atoms with Crippen molar-refractivity contribution in [2.24, 2.45) is 23.3 Å². The highest BCUT2D eigenvalue weighted by Gasteiger charge is 2.28. The number of nitrogens with two attached hydrogens (primary N) is 2. The molecule has 0 unspecified atom stereocenters. The Bertz CT molecular complexity index is 1020. The summed E-state index contributed by atoms with van der Waals surface area (Å²) in [5.74, 6) is -0.458. The molecule has 3 atom stereocenters. The van der Waals surface area contributed by atoms with E-state index in [1.807, 2.05) is 76.2 Å². The minimum Gasteiger partial charge on any atom is -0.496 e. The number of ether oxygens (including phenoxy) is 1. The zero-order valence-electron chi connectivity index (χ0n) is 21.9. The van der Waals surface area contributed by atoms with Crippen molar-refractivity contribution in [1.82, 2.24) is 10.6 Å². The number of methoxy groups -OCH3 is 1.